The molecule has 0 saturated heterocycles. The molecule has 21 heavy (non-hydrogen) atoms. The molecular weight excluding hydrogens is 308 g/mol. The molecule has 0 amide bonds. The van der Waals surface area contributed by atoms with Crippen molar-refractivity contribution in [2.75, 3.05) is 0 Å². The van der Waals surface area contributed by atoms with Gasteiger partial charge in [-0.2, -0.15) is 0 Å². The summed E-state index contributed by atoms with van der Waals surface area (Å²) in [5, 5.41) is 12.0. The number of rotatable bonds is 3. The van der Waals surface area contributed by atoms with E-state index >= 15 is 0 Å². The minimum absolute atomic E-state index is 0.539. The van der Waals surface area contributed by atoms with Crippen molar-refractivity contribution >= 4 is 49.1 Å². The van der Waals surface area contributed by atoms with Crippen LogP contribution < -0.4 is 4.74 Å². The zero-order chi connectivity index (χ0) is 15.2. The minimum Gasteiger partial charge on any atom is -0.478 e. The number of thiophene rings is 1. The van der Waals surface area contributed by atoms with E-state index in [0.717, 1.165) is 25.2 Å². The Morgan fingerprint density at radius 1 is 1.24 bits per heavy atom. The van der Waals surface area contributed by atoms with Crippen LogP contribution >= 0.6 is 22.9 Å². The molecule has 0 radical (unpaired) electrons. The van der Waals surface area contributed by atoms with E-state index in [1.54, 1.807) is 17.4 Å². The van der Waals surface area contributed by atoms with Crippen molar-refractivity contribution in [2.24, 2.45) is 0 Å². The van der Waals surface area contributed by atoms with Crippen molar-refractivity contribution in [3.05, 3.63) is 41.4 Å². The third-order valence-electron chi connectivity index (χ3n) is 3.31. The van der Waals surface area contributed by atoms with Crippen LogP contribution in [-0.4, -0.2) is 16.7 Å². The molecule has 1 N–H and O–H groups in total. The van der Waals surface area contributed by atoms with E-state index in [1.807, 2.05) is 30.3 Å². The van der Waals surface area contributed by atoms with Crippen LogP contribution in [0.4, 0.5) is 0 Å². The minimum atomic E-state index is -1.26. The molecule has 5 heteroatoms. The number of hydrogen-bond acceptors (Lipinski definition) is 3. The summed E-state index contributed by atoms with van der Waals surface area (Å²) in [5.74, 6) is -0.459. The third-order valence-corrected chi connectivity index (χ3v) is 4.94. The number of carboxylic acids is 1. The molecule has 0 aliphatic rings. The van der Waals surface area contributed by atoms with Crippen molar-refractivity contribution in [3.63, 3.8) is 0 Å². The molecular formula is C16H13ClO3S. The predicted molar refractivity (Wildman–Crippen MR) is 86.7 cm³/mol. The lowest BCUT2D eigenvalue weighted by atomic mass is 10.1. The Kier molecular flexibility index (Phi) is 3.30. The standard InChI is InChI=1S/C16H13ClO3S/c1-16(2,15(18)19)20-9-6-7-10-11-4-3-5-12(17)14(11)21-13(10)8-9/h3-8H,1-2H3,(H,18,19). The molecule has 3 nitrogen and oxygen atoms in total. The number of hydrogen-bond donors (Lipinski definition) is 1. The van der Waals surface area contributed by atoms with E-state index in [0.29, 0.717) is 5.75 Å². The van der Waals surface area contributed by atoms with E-state index in [-0.39, 0.29) is 0 Å². The van der Waals surface area contributed by atoms with Crippen molar-refractivity contribution in [2.45, 2.75) is 19.4 Å². The summed E-state index contributed by atoms with van der Waals surface area (Å²) in [7, 11) is 0. The highest BCUT2D eigenvalue weighted by Crippen LogP contribution is 2.39. The molecule has 0 saturated carbocycles. The molecule has 0 fully saturated rings. The lowest BCUT2D eigenvalue weighted by Gasteiger charge is -2.21. The van der Waals surface area contributed by atoms with E-state index in [9.17, 15) is 4.79 Å². The normalized spacial score (nSPS) is 12.0. The fourth-order valence-corrected chi connectivity index (χ4v) is 3.57. The number of carboxylic acid groups (broad SMARTS) is 1. The Bertz CT molecular complexity index is 851. The lowest BCUT2D eigenvalue weighted by Crippen LogP contribution is -2.37. The monoisotopic (exact) mass is 320 g/mol. The third kappa shape index (κ3) is 2.45. The van der Waals surface area contributed by atoms with Gasteiger partial charge in [0.1, 0.15) is 5.75 Å². The highest BCUT2D eigenvalue weighted by Gasteiger charge is 2.29. The van der Waals surface area contributed by atoms with E-state index in [4.69, 9.17) is 21.4 Å². The maximum atomic E-state index is 11.1. The van der Waals surface area contributed by atoms with Gasteiger partial charge in [-0.25, -0.2) is 4.79 Å². The smallest absolute Gasteiger partial charge is 0.347 e. The molecule has 0 bridgehead atoms. The van der Waals surface area contributed by atoms with Gasteiger partial charge >= 0.3 is 5.97 Å². The maximum Gasteiger partial charge on any atom is 0.347 e. The Labute approximate surface area is 130 Å². The zero-order valence-corrected chi connectivity index (χ0v) is 13.1. The first kappa shape index (κ1) is 14.2. The van der Waals surface area contributed by atoms with Crippen LogP contribution in [-0.2, 0) is 4.79 Å². The van der Waals surface area contributed by atoms with Crippen LogP contribution in [0.5, 0.6) is 5.75 Å². The van der Waals surface area contributed by atoms with Crippen LogP contribution in [0.3, 0.4) is 0 Å². The van der Waals surface area contributed by atoms with Gasteiger partial charge in [-0.1, -0.05) is 23.7 Å². The first-order valence-electron chi connectivity index (χ1n) is 6.42. The summed E-state index contributed by atoms with van der Waals surface area (Å²) in [4.78, 5) is 11.1. The van der Waals surface area contributed by atoms with Gasteiger partial charge < -0.3 is 9.84 Å². The van der Waals surface area contributed by atoms with Gasteiger partial charge in [0.25, 0.3) is 0 Å². The summed E-state index contributed by atoms with van der Waals surface area (Å²) in [6, 6.07) is 11.4. The highest BCUT2D eigenvalue weighted by atomic mass is 35.5. The molecule has 0 aliphatic carbocycles. The zero-order valence-electron chi connectivity index (χ0n) is 11.5. The topological polar surface area (TPSA) is 46.5 Å². The van der Waals surface area contributed by atoms with Gasteiger partial charge in [0.15, 0.2) is 5.60 Å². The van der Waals surface area contributed by atoms with E-state index in [2.05, 4.69) is 0 Å². The Morgan fingerprint density at radius 3 is 2.71 bits per heavy atom. The van der Waals surface area contributed by atoms with Gasteiger partial charge in [-0.15, -0.1) is 11.3 Å². The second kappa shape index (κ2) is 4.90. The quantitative estimate of drug-likeness (QED) is 0.742. The summed E-state index contributed by atoms with van der Waals surface area (Å²) in [6.07, 6.45) is 0. The van der Waals surface area contributed by atoms with Gasteiger partial charge in [-0.05, 0) is 38.1 Å². The molecule has 0 spiro atoms. The maximum absolute atomic E-state index is 11.1. The average molecular weight is 321 g/mol. The Hall–Kier alpha value is -1.78. The lowest BCUT2D eigenvalue weighted by molar-refractivity contribution is -0.152. The van der Waals surface area contributed by atoms with Crippen molar-refractivity contribution in [3.8, 4) is 5.75 Å². The van der Waals surface area contributed by atoms with Crippen LogP contribution in [0.2, 0.25) is 5.02 Å². The fourth-order valence-electron chi connectivity index (χ4n) is 2.15. The molecule has 2 aromatic carbocycles. The number of carbonyl (C=O) groups is 1. The molecule has 0 atom stereocenters. The van der Waals surface area contributed by atoms with E-state index < -0.39 is 11.6 Å². The van der Waals surface area contributed by atoms with Gasteiger partial charge in [0, 0.05) is 15.5 Å². The Balaban J connectivity index is 2.11. The van der Waals surface area contributed by atoms with Crippen molar-refractivity contribution < 1.29 is 14.6 Å². The SMILES string of the molecule is CC(C)(Oc1ccc2c(c1)sc1c(Cl)cccc12)C(=O)O. The molecule has 3 aromatic rings. The molecule has 0 unspecified atom stereocenters. The van der Waals surface area contributed by atoms with Gasteiger partial charge in [0.2, 0.25) is 0 Å². The van der Waals surface area contributed by atoms with Crippen LogP contribution in [0.15, 0.2) is 36.4 Å². The van der Waals surface area contributed by atoms with Gasteiger partial charge in [0.05, 0.1) is 9.72 Å². The van der Waals surface area contributed by atoms with Crippen LogP contribution in [0, 0.1) is 0 Å². The second-order valence-corrected chi connectivity index (χ2v) is 6.75. The Morgan fingerprint density at radius 2 is 2.00 bits per heavy atom. The number of benzene rings is 2. The molecule has 0 aliphatic heterocycles. The molecule has 108 valence electrons. The number of aliphatic carboxylic acids is 1. The first-order valence-corrected chi connectivity index (χ1v) is 7.61. The van der Waals surface area contributed by atoms with Crippen LogP contribution in [0.1, 0.15) is 13.8 Å². The summed E-state index contributed by atoms with van der Waals surface area (Å²) >= 11 is 7.80. The van der Waals surface area contributed by atoms with Crippen molar-refractivity contribution in [1.29, 1.82) is 0 Å². The summed E-state index contributed by atoms with van der Waals surface area (Å²) in [6.45, 7) is 3.06. The predicted octanol–water partition coefficient (Wildman–Crippen LogP) is 4.95. The molecule has 1 heterocycles. The number of fused-ring (bicyclic) bond motifs is 3. The highest BCUT2D eigenvalue weighted by molar-refractivity contribution is 7.26. The summed E-state index contributed by atoms with van der Waals surface area (Å²) in [5.41, 5.74) is -1.26. The fraction of sp³-hybridized carbons (Fsp3) is 0.188. The van der Waals surface area contributed by atoms with Crippen LogP contribution in [0.25, 0.3) is 20.2 Å². The number of ether oxygens (including phenoxy) is 1. The van der Waals surface area contributed by atoms with Gasteiger partial charge in [-0.3, -0.25) is 0 Å². The second-order valence-electron chi connectivity index (χ2n) is 5.29. The summed E-state index contributed by atoms with van der Waals surface area (Å²) < 4.78 is 7.63. The number of halogens is 1. The van der Waals surface area contributed by atoms with E-state index in [1.165, 1.54) is 13.8 Å². The largest absolute Gasteiger partial charge is 0.478 e. The first-order chi connectivity index (χ1) is 9.88. The molecule has 3 rings (SSSR count). The molecule has 1 aromatic heterocycles. The van der Waals surface area contributed by atoms with Crippen molar-refractivity contribution in [1.82, 2.24) is 0 Å². The average Bonchev–Trinajstić information content (AvgIpc) is 2.77.